The van der Waals surface area contributed by atoms with Gasteiger partial charge in [-0.15, -0.1) is 0 Å². The van der Waals surface area contributed by atoms with E-state index in [0.717, 1.165) is 31.3 Å². The molecular weight excluding hydrogens is 632 g/mol. The van der Waals surface area contributed by atoms with Crippen molar-refractivity contribution in [1.82, 2.24) is 0 Å². The van der Waals surface area contributed by atoms with Crippen molar-refractivity contribution in [3.05, 3.63) is 60.8 Å². The molecule has 0 aromatic heterocycles. The molecule has 2 fully saturated rings. The van der Waals surface area contributed by atoms with Crippen molar-refractivity contribution in [2.75, 3.05) is 0 Å². The van der Waals surface area contributed by atoms with E-state index >= 15 is 0 Å². The summed E-state index contributed by atoms with van der Waals surface area (Å²) in [4.78, 5) is 63.8. The molecule has 0 radical (unpaired) electrons. The van der Waals surface area contributed by atoms with E-state index in [0.29, 0.717) is 12.8 Å². The summed E-state index contributed by atoms with van der Waals surface area (Å²) >= 11 is 0. The molecule has 1 saturated carbocycles. The Hall–Kier alpha value is -3.99. The van der Waals surface area contributed by atoms with Gasteiger partial charge in [-0.3, -0.25) is 23.9 Å². The van der Waals surface area contributed by atoms with Gasteiger partial charge in [-0.1, -0.05) is 76.6 Å². The van der Waals surface area contributed by atoms with Crippen LogP contribution in [-0.2, 0) is 52.4 Å². The van der Waals surface area contributed by atoms with Crippen LogP contribution in [0.5, 0.6) is 0 Å². The van der Waals surface area contributed by atoms with Gasteiger partial charge in [0.05, 0.1) is 0 Å². The fourth-order valence-electron chi connectivity index (χ4n) is 7.71. The normalized spacial score (nSPS) is 32.0. The summed E-state index contributed by atoms with van der Waals surface area (Å²) in [5, 5.41) is 0. The first kappa shape index (κ1) is 39.4. The maximum Gasteiger partial charge on any atom is 0.331 e. The summed E-state index contributed by atoms with van der Waals surface area (Å²) in [6.07, 6.45) is 9.13. The Kier molecular flexibility index (Phi) is 13.8. The summed E-state index contributed by atoms with van der Waals surface area (Å²) < 4.78 is 35.8. The van der Waals surface area contributed by atoms with Gasteiger partial charge < -0.3 is 23.7 Å². The van der Waals surface area contributed by atoms with Crippen molar-refractivity contribution >= 4 is 29.8 Å². The van der Waals surface area contributed by atoms with Crippen molar-refractivity contribution in [2.24, 2.45) is 22.7 Å². The number of ether oxygens (including phenoxy) is 6. The lowest BCUT2D eigenvalue weighted by Gasteiger charge is -2.62. The molecule has 1 saturated heterocycles. The number of carbonyl (C=O) groups excluding carboxylic acids is 5. The molecular formula is C38H52O11. The minimum Gasteiger partial charge on any atom is -0.458 e. The number of hydrogen-bond donors (Lipinski definition) is 0. The molecule has 49 heavy (non-hydrogen) atoms. The van der Waals surface area contributed by atoms with Crippen LogP contribution < -0.4 is 0 Å². The first-order chi connectivity index (χ1) is 23.1. The van der Waals surface area contributed by atoms with Gasteiger partial charge in [-0.2, -0.15) is 0 Å². The van der Waals surface area contributed by atoms with Crippen molar-refractivity contribution in [2.45, 2.75) is 124 Å². The van der Waals surface area contributed by atoms with Gasteiger partial charge in [-0.05, 0) is 49.5 Å². The van der Waals surface area contributed by atoms with Crippen LogP contribution in [0, 0.1) is 22.7 Å². The summed E-state index contributed by atoms with van der Waals surface area (Å²) in [5.41, 5.74) is -1.27. The first-order valence-electron chi connectivity index (χ1n) is 17.0. The highest BCUT2D eigenvalue weighted by Gasteiger charge is 2.75. The minimum atomic E-state index is -1.54. The lowest BCUT2D eigenvalue weighted by molar-refractivity contribution is -0.279. The van der Waals surface area contributed by atoms with Crippen molar-refractivity contribution in [3.8, 4) is 0 Å². The Labute approximate surface area is 289 Å². The molecule has 11 nitrogen and oxygen atoms in total. The standard InChI is InChI=1S/C38H52O11/c1-10-12-13-14-15-16-17-18-32(43)48-34-33(45-26(6)40)24(4)37(9,20-19-23(3)11-2)31-22-29(44-25(5)39)21-30-35(46-27(7)41)49-36(38(30,31)34)47-28(8)42/h11,15-18,21,24,29,31,33-36H,2-3,10,12-14,19-20,22H2,1,4-9H3/b16-15+,18-17+/t24-,29+,31+,33-,34+,35+,36+,37-,38-/m1/s1. The van der Waals surface area contributed by atoms with Crippen LogP contribution in [-0.4, -0.2) is 60.7 Å². The Bertz CT molecular complexity index is 1380. The van der Waals surface area contributed by atoms with Crippen LogP contribution in [0.15, 0.2) is 60.8 Å². The second kappa shape index (κ2) is 17.1. The molecule has 270 valence electrons. The Balaban J connectivity index is 2.31. The quantitative estimate of drug-likeness (QED) is 0.0474. The predicted molar refractivity (Wildman–Crippen MR) is 180 cm³/mol. The average Bonchev–Trinajstić information content (AvgIpc) is 3.30. The first-order valence-corrected chi connectivity index (χ1v) is 17.0. The zero-order chi connectivity index (χ0) is 36.5. The highest BCUT2D eigenvalue weighted by molar-refractivity contribution is 5.82. The Morgan fingerprint density at radius 1 is 0.939 bits per heavy atom. The lowest BCUT2D eigenvalue weighted by atomic mass is 9.44. The van der Waals surface area contributed by atoms with Gasteiger partial charge in [0.1, 0.15) is 17.6 Å². The van der Waals surface area contributed by atoms with Crippen LogP contribution in [0.4, 0.5) is 0 Å². The van der Waals surface area contributed by atoms with Crippen molar-refractivity contribution < 1.29 is 52.4 Å². The van der Waals surface area contributed by atoms with Gasteiger partial charge in [0.2, 0.25) is 12.6 Å². The van der Waals surface area contributed by atoms with E-state index < -0.39 is 83.4 Å². The fourth-order valence-corrected chi connectivity index (χ4v) is 7.71. The van der Waals surface area contributed by atoms with E-state index in [4.69, 9.17) is 28.4 Å². The van der Waals surface area contributed by atoms with Crippen LogP contribution >= 0.6 is 0 Å². The maximum absolute atomic E-state index is 13.6. The lowest BCUT2D eigenvalue weighted by Crippen LogP contribution is -2.69. The monoisotopic (exact) mass is 684 g/mol. The van der Waals surface area contributed by atoms with E-state index in [9.17, 15) is 24.0 Å². The molecule has 1 aliphatic heterocycles. The second-order valence-corrected chi connectivity index (χ2v) is 13.4. The average molecular weight is 685 g/mol. The molecule has 0 aromatic rings. The predicted octanol–water partition coefficient (Wildman–Crippen LogP) is 6.37. The van der Waals surface area contributed by atoms with Gasteiger partial charge in [0.15, 0.2) is 6.10 Å². The molecule has 0 bridgehead atoms. The molecule has 9 atom stereocenters. The molecule has 0 aromatic carbocycles. The molecule has 1 spiro atoms. The van der Waals surface area contributed by atoms with Crippen molar-refractivity contribution in [3.63, 3.8) is 0 Å². The van der Waals surface area contributed by atoms with Crippen LogP contribution in [0.2, 0.25) is 0 Å². The van der Waals surface area contributed by atoms with E-state index in [1.807, 2.05) is 19.9 Å². The number of rotatable bonds is 15. The molecule has 0 N–H and O–H groups in total. The highest BCUT2D eigenvalue weighted by Crippen LogP contribution is 2.68. The molecule has 3 rings (SSSR count). The molecule has 0 unspecified atom stereocenters. The highest BCUT2D eigenvalue weighted by atomic mass is 16.8. The number of carbonyl (C=O) groups is 5. The number of esters is 5. The fraction of sp³-hybridized carbons (Fsp3) is 0.605. The minimum absolute atomic E-state index is 0.204. The number of allylic oxidation sites excluding steroid dienone is 5. The van der Waals surface area contributed by atoms with E-state index in [-0.39, 0.29) is 12.0 Å². The van der Waals surface area contributed by atoms with Crippen LogP contribution in [0.3, 0.4) is 0 Å². The maximum atomic E-state index is 13.6. The van der Waals surface area contributed by atoms with Gasteiger partial charge >= 0.3 is 29.8 Å². The summed E-state index contributed by atoms with van der Waals surface area (Å²) in [6.45, 7) is 18.9. The third-order valence-corrected chi connectivity index (χ3v) is 10.0. The molecule has 0 amide bonds. The van der Waals surface area contributed by atoms with E-state index in [1.54, 1.807) is 24.3 Å². The van der Waals surface area contributed by atoms with Crippen LogP contribution in [0.25, 0.3) is 0 Å². The van der Waals surface area contributed by atoms with Crippen LogP contribution in [0.1, 0.15) is 93.4 Å². The molecule has 11 heteroatoms. The molecule has 1 heterocycles. The summed E-state index contributed by atoms with van der Waals surface area (Å²) in [5.74, 6) is -4.35. The summed E-state index contributed by atoms with van der Waals surface area (Å²) in [6, 6.07) is 0. The zero-order valence-electron chi connectivity index (χ0n) is 29.9. The SMILES string of the molecule is C=CC(=C)CC[C@]1(C)[C@H](C)[C@@H](OC(C)=O)[C@H](OC(=O)/C=C/C=C/CCCCC)[C@@]23C(=C[C@H](OC(C)=O)C[C@@H]12)[C@@H](OC(C)=O)O[C@@H]3OC(C)=O. The van der Waals surface area contributed by atoms with Gasteiger partial charge in [0.25, 0.3) is 0 Å². The van der Waals surface area contributed by atoms with E-state index in [1.165, 1.54) is 33.8 Å². The largest absolute Gasteiger partial charge is 0.458 e. The Morgan fingerprint density at radius 3 is 2.18 bits per heavy atom. The summed E-state index contributed by atoms with van der Waals surface area (Å²) in [7, 11) is 0. The Morgan fingerprint density at radius 2 is 1.59 bits per heavy atom. The third kappa shape index (κ3) is 8.98. The number of hydrogen-bond acceptors (Lipinski definition) is 11. The zero-order valence-corrected chi connectivity index (χ0v) is 29.9. The van der Waals surface area contributed by atoms with E-state index in [2.05, 4.69) is 20.1 Å². The second-order valence-electron chi connectivity index (χ2n) is 13.4. The third-order valence-electron chi connectivity index (χ3n) is 10.0. The van der Waals surface area contributed by atoms with Crippen molar-refractivity contribution in [1.29, 1.82) is 0 Å². The number of unbranched alkanes of at least 4 members (excludes halogenated alkanes) is 3. The molecule has 2 aliphatic carbocycles. The van der Waals surface area contributed by atoms with Gasteiger partial charge in [-0.25, -0.2) is 4.79 Å². The molecule has 3 aliphatic rings. The topological polar surface area (TPSA) is 141 Å². The smallest absolute Gasteiger partial charge is 0.331 e. The van der Waals surface area contributed by atoms with Gasteiger partial charge in [0, 0.05) is 45.3 Å².